The van der Waals surface area contributed by atoms with Gasteiger partial charge in [-0.15, -0.1) is 5.10 Å². The molecule has 0 fully saturated rings. The molecule has 0 aliphatic rings. The first-order valence-corrected chi connectivity index (χ1v) is 10.1. The summed E-state index contributed by atoms with van der Waals surface area (Å²) in [6, 6.07) is 8.55. The van der Waals surface area contributed by atoms with Gasteiger partial charge < -0.3 is 10.1 Å². The summed E-state index contributed by atoms with van der Waals surface area (Å²) >= 11 is 0. The minimum absolute atomic E-state index is 0.408. The predicted octanol–water partition coefficient (Wildman–Crippen LogP) is 4.73. The maximum atomic E-state index is 5.39. The molecular formula is C22H26N6O. The van der Waals surface area contributed by atoms with Gasteiger partial charge in [-0.05, 0) is 36.6 Å². The van der Waals surface area contributed by atoms with Gasteiger partial charge in [-0.1, -0.05) is 32.8 Å². The van der Waals surface area contributed by atoms with Gasteiger partial charge in [0, 0.05) is 17.8 Å². The Balaban J connectivity index is 1.68. The summed E-state index contributed by atoms with van der Waals surface area (Å²) in [4.78, 5) is 13.1. The monoisotopic (exact) mass is 390 g/mol. The highest BCUT2D eigenvalue weighted by atomic mass is 16.5. The van der Waals surface area contributed by atoms with Crippen LogP contribution < -0.4 is 10.1 Å². The largest absolute Gasteiger partial charge is 0.480 e. The van der Waals surface area contributed by atoms with E-state index < -0.39 is 0 Å². The summed E-state index contributed by atoms with van der Waals surface area (Å²) in [6.07, 6.45) is 9.88. The summed E-state index contributed by atoms with van der Waals surface area (Å²) < 4.78 is 7.27. The highest BCUT2D eigenvalue weighted by molar-refractivity contribution is 5.91. The van der Waals surface area contributed by atoms with Crippen LogP contribution in [0.15, 0.2) is 43.0 Å². The average Bonchev–Trinajstić information content (AvgIpc) is 3.16. The summed E-state index contributed by atoms with van der Waals surface area (Å²) in [5.41, 5.74) is 3.91. The number of nitrogens with one attached hydrogen (secondary N) is 1. The number of rotatable bonds is 8. The fraction of sp³-hybridized carbons (Fsp3) is 0.364. The molecule has 0 aliphatic carbocycles. The standard InChI is InChI=1S/C22H26N6O/c1-4-6-16(7-5-2)26-22-23-13-20-17(10-11-28(20)27-22)15-8-9-19-18(12-15)21(29-3)25-14-24-19/h8-14,16H,4-7H2,1-3H3,(H,26,27). The molecule has 1 aromatic carbocycles. The number of anilines is 1. The fourth-order valence-electron chi connectivity index (χ4n) is 3.74. The summed E-state index contributed by atoms with van der Waals surface area (Å²) in [5.74, 6) is 1.24. The van der Waals surface area contributed by atoms with Crippen LogP contribution >= 0.6 is 0 Å². The summed E-state index contributed by atoms with van der Waals surface area (Å²) in [6.45, 7) is 4.41. The van der Waals surface area contributed by atoms with Gasteiger partial charge in [0.05, 0.1) is 29.7 Å². The molecule has 4 rings (SSSR count). The van der Waals surface area contributed by atoms with Crippen molar-refractivity contribution in [2.45, 2.75) is 45.6 Å². The van der Waals surface area contributed by atoms with Gasteiger partial charge >= 0.3 is 0 Å². The van der Waals surface area contributed by atoms with Crippen LogP contribution in [0.2, 0.25) is 0 Å². The van der Waals surface area contributed by atoms with Gasteiger partial charge in [-0.2, -0.15) is 0 Å². The molecule has 4 aromatic rings. The van der Waals surface area contributed by atoms with E-state index in [2.05, 4.69) is 51.3 Å². The smallest absolute Gasteiger partial charge is 0.241 e. The number of benzene rings is 1. The first-order chi connectivity index (χ1) is 14.2. The van der Waals surface area contributed by atoms with Crippen LogP contribution in [-0.2, 0) is 0 Å². The number of ether oxygens (including phenoxy) is 1. The minimum atomic E-state index is 0.408. The van der Waals surface area contributed by atoms with E-state index in [0.29, 0.717) is 17.9 Å². The molecule has 0 aliphatic heterocycles. The number of nitrogens with zero attached hydrogens (tertiary/aromatic N) is 5. The van der Waals surface area contributed by atoms with Crippen LogP contribution in [-0.4, -0.2) is 37.7 Å². The molecule has 0 amide bonds. The van der Waals surface area contributed by atoms with Crippen molar-refractivity contribution in [3.05, 3.63) is 43.0 Å². The zero-order valence-electron chi connectivity index (χ0n) is 17.1. The molecule has 0 spiro atoms. The quantitative estimate of drug-likeness (QED) is 0.469. The Bertz CT molecular complexity index is 1120. The molecule has 150 valence electrons. The summed E-state index contributed by atoms with van der Waals surface area (Å²) in [5, 5.41) is 9.03. The van der Waals surface area contributed by atoms with Gasteiger partial charge in [0.25, 0.3) is 0 Å². The molecule has 29 heavy (non-hydrogen) atoms. The van der Waals surface area contributed by atoms with Gasteiger partial charge in [0.15, 0.2) is 0 Å². The lowest BCUT2D eigenvalue weighted by Crippen LogP contribution is -2.21. The highest BCUT2D eigenvalue weighted by Gasteiger charge is 2.13. The predicted molar refractivity (Wildman–Crippen MR) is 115 cm³/mol. The number of aromatic nitrogens is 5. The van der Waals surface area contributed by atoms with E-state index in [4.69, 9.17) is 4.74 Å². The highest BCUT2D eigenvalue weighted by Crippen LogP contribution is 2.30. The molecule has 0 radical (unpaired) electrons. The van der Waals surface area contributed by atoms with Crippen LogP contribution in [0.4, 0.5) is 5.95 Å². The van der Waals surface area contributed by atoms with E-state index in [0.717, 1.165) is 53.2 Å². The topological polar surface area (TPSA) is 77.2 Å². The Morgan fingerprint density at radius 1 is 1.07 bits per heavy atom. The molecule has 0 atom stereocenters. The third kappa shape index (κ3) is 3.85. The Morgan fingerprint density at radius 3 is 2.66 bits per heavy atom. The molecular weight excluding hydrogens is 364 g/mol. The lowest BCUT2D eigenvalue weighted by molar-refractivity contribution is 0.402. The second-order valence-electron chi connectivity index (χ2n) is 7.17. The number of hydrogen-bond acceptors (Lipinski definition) is 6. The molecule has 3 heterocycles. The van der Waals surface area contributed by atoms with Crippen molar-refractivity contribution < 1.29 is 4.74 Å². The van der Waals surface area contributed by atoms with Crippen LogP contribution in [0, 0.1) is 0 Å². The maximum Gasteiger partial charge on any atom is 0.241 e. The Hall–Kier alpha value is -3.22. The molecule has 7 nitrogen and oxygen atoms in total. The van der Waals surface area contributed by atoms with E-state index in [-0.39, 0.29) is 0 Å². The van der Waals surface area contributed by atoms with Crippen molar-refractivity contribution in [1.29, 1.82) is 0 Å². The van der Waals surface area contributed by atoms with Crippen molar-refractivity contribution in [2.75, 3.05) is 12.4 Å². The molecule has 7 heteroatoms. The second kappa shape index (κ2) is 8.43. The van der Waals surface area contributed by atoms with Crippen molar-refractivity contribution in [1.82, 2.24) is 24.6 Å². The Labute approximate surface area is 170 Å². The Kier molecular flexibility index (Phi) is 5.55. The third-order valence-electron chi connectivity index (χ3n) is 5.13. The van der Waals surface area contributed by atoms with Crippen LogP contribution in [0.5, 0.6) is 5.88 Å². The van der Waals surface area contributed by atoms with E-state index in [1.165, 1.54) is 6.33 Å². The number of hydrogen-bond donors (Lipinski definition) is 1. The second-order valence-corrected chi connectivity index (χ2v) is 7.17. The minimum Gasteiger partial charge on any atom is -0.480 e. The van der Waals surface area contributed by atoms with Crippen LogP contribution in [0.25, 0.3) is 27.5 Å². The van der Waals surface area contributed by atoms with Crippen molar-refractivity contribution >= 4 is 22.4 Å². The first-order valence-electron chi connectivity index (χ1n) is 10.1. The Morgan fingerprint density at radius 2 is 1.90 bits per heavy atom. The first kappa shape index (κ1) is 19.1. The molecule has 0 bridgehead atoms. The normalized spacial score (nSPS) is 11.4. The summed E-state index contributed by atoms with van der Waals surface area (Å²) in [7, 11) is 1.62. The van der Waals surface area contributed by atoms with E-state index in [1.807, 2.05) is 29.0 Å². The van der Waals surface area contributed by atoms with Crippen LogP contribution in [0.1, 0.15) is 39.5 Å². The van der Waals surface area contributed by atoms with Gasteiger partial charge in [0.2, 0.25) is 11.8 Å². The van der Waals surface area contributed by atoms with E-state index in [1.54, 1.807) is 7.11 Å². The molecule has 0 unspecified atom stereocenters. The van der Waals surface area contributed by atoms with Gasteiger partial charge in [-0.25, -0.2) is 19.5 Å². The zero-order valence-corrected chi connectivity index (χ0v) is 17.1. The third-order valence-corrected chi connectivity index (χ3v) is 5.13. The van der Waals surface area contributed by atoms with Gasteiger partial charge in [0.1, 0.15) is 6.33 Å². The van der Waals surface area contributed by atoms with Crippen molar-refractivity contribution in [3.8, 4) is 17.0 Å². The number of methoxy groups -OCH3 is 1. The average molecular weight is 390 g/mol. The van der Waals surface area contributed by atoms with E-state index in [9.17, 15) is 0 Å². The fourth-order valence-corrected chi connectivity index (χ4v) is 3.74. The SMILES string of the molecule is CCCC(CCC)Nc1ncc2c(-c3ccc4ncnc(OC)c4c3)ccn2n1. The van der Waals surface area contributed by atoms with Crippen LogP contribution in [0.3, 0.4) is 0 Å². The molecule has 0 saturated heterocycles. The number of fused-ring (bicyclic) bond motifs is 2. The van der Waals surface area contributed by atoms with E-state index >= 15 is 0 Å². The maximum absolute atomic E-state index is 5.39. The molecule has 1 N–H and O–H groups in total. The lowest BCUT2D eigenvalue weighted by atomic mass is 10.1. The van der Waals surface area contributed by atoms with Crippen molar-refractivity contribution in [2.24, 2.45) is 0 Å². The molecule has 3 aromatic heterocycles. The zero-order chi connectivity index (χ0) is 20.2. The van der Waals surface area contributed by atoms with Crippen molar-refractivity contribution in [3.63, 3.8) is 0 Å². The molecule has 0 saturated carbocycles. The van der Waals surface area contributed by atoms with Gasteiger partial charge in [-0.3, -0.25) is 0 Å². The lowest BCUT2D eigenvalue weighted by Gasteiger charge is -2.17.